The van der Waals surface area contributed by atoms with Gasteiger partial charge >= 0.3 is 0 Å². The Labute approximate surface area is 157 Å². The molecular weight excluding hydrogens is 352 g/mol. The van der Waals surface area contributed by atoms with Gasteiger partial charge in [0, 0.05) is 43.9 Å². The Morgan fingerprint density at radius 3 is 2.52 bits per heavy atom. The third-order valence-corrected chi connectivity index (χ3v) is 5.40. The SMILES string of the molecule is Cc1ccn(-c2nc(CC3CCC(F)(F)CC3)cc(N3CC(C)(O)C3)n2)n1. The molecule has 146 valence electrons. The van der Waals surface area contributed by atoms with Crippen molar-refractivity contribution in [3.8, 4) is 5.95 Å². The molecule has 1 saturated carbocycles. The van der Waals surface area contributed by atoms with E-state index in [0.717, 1.165) is 17.2 Å². The number of alkyl halides is 2. The molecule has 1 aliphatic heterocycles. The van der Waals surface area contributed by atoms with Gasteiger partial charge in [-0.3, -0.25) is 0 Å². The van der Waals surface area contributed by atoms with E-state index in [9.17, 15) is 13.9 Å². The fraction of sp³-hybridized carbons (Fsp3) is 0.632. The molecule has 6 nitrogen and oxygen atoms in total. The van der Waals surface area contributed by atoms with Crippen LogP contribution >= 0.6 is 0 Å². The number of halogens is 2. The normalized spacial score (nSPS) is 21.9. The number of rotatable bonds is 4. The maximum Gasteiger partial charge on any atom is 0.252 e. The van der Waals surface area contributed by atoms with Crippen LogP contribution in [0.15, 0.2) is 18.3 Å². The first-order valence-electron chi connectivity index (χ1n) is 9.45. The number of hydrogen-bond donors (Lipinski definition) is 1. The smallest absolute Gasteiger partial charge is 0.252 e. The van der Waals surface area contributed by atoms with Crippen molar-refractivity contribution in [1.82, 2.24) is 19.7 Å². The van der Waals surface area contributed by atoms with Crippen LogP contribution in [-0.4, -0.2) is 49.5 Å². The molecule has 1 saturated heterocycles. The van der Waals surface area contributed by atoms with E-state index >= 15 is 0 Å². The summed E-state index contributed by atoms with van der Waals surface area (Å²) in [5, 5.41) is 14.4. The minimum Gasteiger partial charge on any atom is -0.386 e. The third-order valence-electron chi connectivity index (χ3n) is 5.40. The van der Waals surface area contributed by atoms with Gasteiger partial charge in [-0.15, -0.1) is 0 Å². The second-order valence-corrected chi connectivity index (χ2v) is 8.28. The van der Waals surface area contributed by atoms with Crippen molar-refractivity contribution in [2.45, 2.75) is 57.5 Å². The van der Waals surface area contributed by atoms with Crippen LogP contribution in [0, 0.1) is 12.8 Å². The van der Waals surface area contributed by atoms with E-state index in [2.05, 4.69) is 15.1 Å². The molecule has 1 aliphatic carbocycles. The summed E-state index contributed by atoms with van der Waals surface area (Å²) in [6, 6.07) is 3.80. The molecule has 0 unspecified atom stereocenters. The number of hydrogen-bond acceptors (Lipinski definition) is 5. The molecule has 3 heterocycles. The summed E-state index contributed by atoms with van der Waals surface area (Å²) in [5.41, 5.74) is 1.000. The highest BCUT2D eigenvalue weighted by atomic mass is 19.3. The zero-order valence-corrected chi connectivity index (χ0v) is 15.7. The van der Waals surface area contributed by atoms with Gasteiger partial charge in [0.15, 0.2) is 0 Å². The first kappa shape index (κ1) is 18.3. The highest BCUT2D eigenvalue weighted by Crippen LogP contribution is 2.37. The van der Waals surface area contributed by atoms with E-state index in [-0.39, 0.29) is 18.8 Å². The zero-order chi connectivity index (χ0) is 19.2. The van der Waals surface area contributed by atoms with Crippen LogP contribution in [0.2, 0.25) is 0 Å². The van der Waals surface area contributed by atoms with Crippen molar-refractivity contribution in [3.63, 3.8) is 0 Å². The lowest BCUT2D eigenvalue weighted by Gasteiger charge is -2.45. The molecule has 2 aromatic heterocycles. The van der Waals surface area contributed by atoms with Crippen LogP contribution in [-0.2, 0) is 6.42 Å². The second-order valence-electron chi connectivity index (χ2n) is 8.28. The second kappa shape index (κ2) is 6.51. The van der Waals surface area contributed by atoms with Gasteiger partial charge in [-0.25, -0.2) is 18.4 Å². The van der Waals surface area contributed by atoms with Gasteiger partial charge in [0.25, 0.3) is 5.95 Å². The lowest BCUT2D eigenvalue weighted by atomic mass is 9.84. The third kappa shape index (κ3) is 4.10. The Balaban J connectivity index is 1.58. The topological polar surface area (TPSA) is 67.1 Å². The van der Waals surface area contributed by atoms with Gasteiger partial charge in [-0.05, 0) is 45.1 Å². The Kier molecular flexibility index (Phi) is 4.41. The summed E-state index contributed by atoms with van der Waals surface area (Å²) in [5.74, 6) is -1.09. The Hall–Kier alpha value is -2.09. The van der Waals surface area contributed by atoms with Crippen LogP contribution in [0.5, 0.6) is 0 Å². The lowest BCUT2D eigenvalue weighted by Crippen LogP contribution is -2.60. The van der Waals surface area contributed by atoms with Crippen LogP contribution < -0.4 is 4.90 Å². The van der Waals surface area contributed by atoms with Crippen molar-refractivity contribution in [3.05, 3.63) is 29.7 Å². The molecule has 8 heteroatoms. The highest BCUT2D eigenvalue weighted by Gasteiger charge is 2.38. The standard InChI is InChI=1S/C19H25F2N5O/c1-13-5-8-26(24-13)17-22-15(9-14-3-6-19(20,21)7-4-14)10-16(23-17)25-11-18(2,27)12-25/h5,8,10,14,27H,3-4,6-7,9,11-12H2,1-2H3. The Morgan fingerprint density at radius 2 is 1.93 bits per heavy atom. The fourth-order valence-electron chi connectivity index (χ4n) is 3.90. The molecule has 0 aromatic carbocycles. The Morgan fingerprint density at radius 1 is 1.22 bits per heavy atom. The lowest BCUT2D eigenvalue weighted by molar-refractivity contribution is -0.0457. The monoisotopic (exact) mass is 377 g/mol. The van der Waals surface area contributed by atoms with Crippen LogP contribution in [0.3, 0.4) is 0 Å². The number of aromatic nitrogens is 4. The maximum atomic E-state index is 13.4. The van der Waals surface area contributed by atoms with Crippen LogP contribution in [0.4, 0.5) is 14.6 Å². The quantitative estimate of drug-likeness (QED) is 0.887. The summed E-state index contributed by atoms with van der Waals surface area (Å²) in [4.78, 5) is 11.2. The Bertz CT molecular complexity index is 817. The summed E-state index contributed by atoms with van der Waals surface area (Å²) in [6.45, 7) is 4.72. The summed E-state index contributed by atoms with van der Waals surface area (Å²) in [7, 11) is 0. The van der Waals surface area contributed by atoms with Gasteiger partial charge in [-0.2, -0.15) is 10.1 Å². The summed E-state index contributed by atoms with van der Waals surface area (Å²) >= 11 is 0. The van der Waals surface area contributed by atoms with Gasteiger partial charge in [0.2, 0.25) is 5.92 Å². The van der Waals surface area contributed by atoms with Gasteiger partial charge in [0.1, 0.15) is 5.82 Å². The molecule has 2 aliphatic rings. The van der Waals surface area contributed by atoms with Crippen molar-refractivity contribution in [2.24, 2.45) is 5.92 Å². The van der Waals surface area contributed by atoms with E-state index in [1.165, 1.54) is 0 Å². The molecule has 27 heavy (non-hydrogen) atoms. The number of β-amino-alcohol motifs (C(OH)–C–C–N with tert-alkyl or cyclic N) is 1. The van der Waals surface area contributed by atoms with Gasteiger partial charge in [0.05, 0.1) is 11.3 Å². The van der Waals surface area contributed by atoms with Crippen LogP contribution in [0.1, 0.15) is 44.0 Å². The van der Waals surface area contributed by atoms with Gasteiger partial charge < -0.3 is 10.0 Å². The molecule has 0 spiro atoms. The van der Waals surface area contributed by atoms with E-state index in [1.807, 2.05) is 30.2 Å². The molecule has 2 aromatic rings. The predicted molar refractivity (Wildman–Crippen MR) is 97.3 cm³/mol. The molecule has 0 atom stereocenters. The van der Waals surface area contributed by atoms with Gasteiger partial charge in [-0.1, -0.05) is 0 Å². The summed E-state index contributed by atoms with van der Waals surface area (Å²) < 4.78 is 28.5. The van der Waals surface area contributed by atoms with Crippen molar-refractivity contribution >= 4 is 5.82 Å². The number of aryl methyl sites for hydroxylation is 1. The number of anilines is 1. The van der Waals surface area contributed by atoms with E-state index in [4.69, 9.17) is 0 Å². The van der Waals surface area contributed by atoms with E-state index in [1.54, 1.807) is 11.6 Å². The predicted octanol–water partition coefficient (Wildman–Crippen LogP) is 2.91. The molecule has 0 amide bonds. The fourth-order valence-corrected chi connectivity index (χ4v) is 3.90. The first-order chi connectivity index (χ1) is 12.7. The molecule has 2 fully saturated rings. The highest BCUT2D eigenvalue weighted by molar-refractivity contribution is 5.46. The largest absolute Gasteiger partial charge is 0.386 e. The van der Waals surface area contributed by atoms with Crippen molar-refractivity contribution < 1.29 is 13.9 Å². The first-order valence-corrected chi connectivity index (χ1v) is 9.45. The molecule has 1 N–H and O–H groups in total. The van der Waals surface area contributed by atoms with E-state index < -0.39 is 11.5 Å². The van der Waals surface area contributed by atoms with Crippen molar-refractivity contribution in [1.29, 1.82) is 0 Å². The average Bonchev–Trinajstić information content (AvgIpc) is 3.01. The maximum absolute atomic E-state index is 13.4. The zero-order valence-electron chi connectivity index (χ0n) is 15.7. The van der Waals surface area contributed by atoms with Crippen LogP contribution in [0.25, 0.3) is 5.95 Å². The average molecular weight is 377 g/mol. The molecular formula is C19H25F2N5O. The summed E-state index contributed by atoms with van der Waals surface area (Å²) in [6.07, 6.45) is 3.41. The number of aliphatic hydroxyl groups is 1. The molecule has 4 rings (SSSR count). The molecule has 0 radical (unpaired) electrons. The van der Waals surface area contributed by atoms with E-state index in [0.29, 0.717) is 38.3 Å². The minimum atomic E-state index is -2.52. The number of nitrogens with zero attached hydrogens (tertiary/aromatic N) is 5. The van der Waals surface area contributed by atoms with Crippen molar-refractivity contribution in [2.75, 3.05) is 18.0 Å². The minimum absolute atomic E-state index is 0.0458. The molecule has 0 bridgehead atoms.